The lowest BCUT2D eigenvalue weighted by atomic mass is 9.80. The Morgan fingerprint density at radius 2 is 1.81 bits per heavy atom. The molecule has 1 saturated carbocycles. The molecule has 0 radical (unpaired) electrons. The molecule has 0 aromatic heterocycles. The molecule has 1 unspecified atom stereocenters. The Balaban J connectivity index is 0.000000855. The largest absolute Gasteiger partial charge is 0.300 e. The summed E-state index contributed by atoms with van der Waals surface area (Å²) in [6.07, 6.45) is 13.8. The van der Waals surface area contributed by atoms with Crippen LogP contribution in [0.2, 0.25) is 0 Å². The molecule has 1 nitrogen and oxygen atoms in total. The van der Waals surface area contributed by atoms with Gasteiger partial charge >= 0.3 is 0 Å². The number of carbonyl (C=O) groups is 1. The number of carbonyl (C=O) groups excluding carboxylic acids is 1. The smallest absolute Gasteiger partial charge is 0.129 e. The van der Waals surface area contributed by atoms with E-state index < -0.39 is 0 Å². The predicted molar refractivity (Wildman–Crippen MR) is 120 cm³/mol. The fourth-order valence-corrected chi connectivity index (χ4v) is 4.33. The lowest BCUT2D eigenvalue weighted by Gasteiger charge is -2.25. The Labute approximate surface area is 168 Å². The summed E-state index contributed by atoms with van der Waals surface area (Å²) < 4.78 is 0. The molecule has 0 heterocycles. The maximum Gasteiger partial charge on any atom is 0.129 e. The summed E-state index contributed by atoms with van der Waals surface area (Å²) in [7, 11) is 0. The molecule has 0 N–H and O–H groups in total. The molecule has 0 aliphatic heterocycles. The van der Waals surface area contributed by atoms with E-state index in [4.69, 9.17) is 0 Å². The van der Waals surface area contributed by atoms with Gasteiger partial charge in [-0.2, -0.15) is 0 Å². The molecule has 1 atom stereocenters. The molecule has 2 aliphatic carbocycles. The monoisotopic (exact) mass is 368 g/mol. The third kappa shape index (κ3) is 6.19. The highest BCUT2D eigenvalue weighted by molar-refractivity contribution is 5.78. The third-order valence-electron chi connectivity index (χ3n) is 5.59. The van der Waals surface area contributed by atoms with Crippen LogP contribution in [0.3, 0.4) is 0 Å². The maximum absolute atomic E-state index is 11.3. The lowest BCUT2D eigenvalue weighted by molar-refractivity contribution is -0.117. The molecule has 0 bridgehead atoms. The van der Waals surface area contributed by atoms with Crippen molar-refractivity contribution in [2.45, 2.75) is 91.9 Å². The van der Waals surface area contributed by atoms with Gasteiger partial charge in [0, 0.05) is 12.3 Å². The van der Waals surface area contributed by atoms with E-state index in [9.17, 15) is 4.79 Å². The number of benzene rings is 1. The molecule has 150 valence electrons. The first-order valence-corrected chi connectivity index (χ1v) is 11.1. The van der Waals surface area contributed by atoms with Gasteiger partial charge in [-0.3, -0.25) is 0 Å². The van der Waals surface area contributed by atoms with Crippen molar-refractivity contribution in [2.24, 2.45) is 5.92 Å². The first-order chi connectivity index (χ1) is 13.2. The minimum atomic E-state index is 0.270. The van der Waals surface area contributed by atoms with E-state index in [-0.39, 0.29) is 5.78 Å². The highest BCUT2D eigenvalue weighted by Crippen LogP contribution is 2.42. The van der Waals surface area contributed by atoms with Gasteiger partial charge in [-0.05, 0) is 60.8 Å². The van der Waals surface area contributed by atoms with Gasteiger partial charge in [0.25, 0.3) is 0 Å². The minimum Gasteiger partial charge on any atom is -0.300 e. The van der Waals surface area contributed by atoms with Crippen molar-refractivity contribution in [3.63, 3.8) is 0 Å². The average molecular weight is 369 g/mol. The molecular weight excluding hydrogens is 328 g/mol. The van der Waals surface area contributed by atoms with Gasteiger partial charge in [0.1, 0.15) is 5.78 Å². The summed E-state index contributed by atoms with van der Waals surface area (Å²) in [5, 5.41) is 0. The van der Waals surface area contributed by atoms with Crippen molar-refractivity contribution < 1.29 is 4.79 Å². The highest BCUT2D eigenvalue weighted by Gasteiger charge is 2.25. The summed E-state index contributed by atoms with van der Waals surface area (Å²) in [5.41, 5.74) is 5.95. The zero-order valence-electron chi connectivity index (χ0n) is 18.3. The second-order valence-electron chi connectivity index (χ2n) is 7.15. The SMILES string of the molecule is C=CC(CCC(C)=O)C1=CCc2c1cccc2C1CCCCC1.CC.CC. The van der Waals surface area contributed by atoms with Crippen LogP contribution in [0.1, 0.15) is 102 Å². The van der Waals surface area contributed by atoms with Crippen LogP contribution in [-0.2, 0) is 11.2 Å². The van der Waals surface area contributed by atoms with Gasteiger partial charge in [-0.1, -0.05) is 77.3 Å². The molecule has 0 spiro atoms. The Kier molecular flexibility index (Phi) is 11.0. The normalized spacial score (nSPS) is 16.7. The Morgan fingerprint density at radius 1 is 1.15 bits per heavy atom. The quantitative estimate of drug-likeness (QED) is 0.466. The van der Waals surface area contributed by atoms with Crippen LogP contribution >= 0.6 is 0 Å². The molecule has 1 fully saturated rings. The van der Waals surface area contributed by atoms with Crippen molar-refractivity contribution in [2.75, 3.05) is 0 Å². The fraction of sp³-hybridized carbons (Fsp3) is 0.577. The van der Waals surface area contributed by atoms with E-state index >= 15 is 0 Å². The highest BCUT2D eigenvalue weighted by atomic mass is 16.1. The van der Waals surface area contributed by atoms with E-state index in [0.717, 1.165) is 18.8 Å². The maximum atomic E-state index is 11.3. The van der Waals surface area contributed by atoms with E-state index in [1.54, 1.807) is 18.1 Å². The van der Waals surface area contributed by atoms with Crippen molar-refractivity contribution in [1.29, 1.82) is 0 Å². The number of allylic oxidation sites excluding steroid dienone is 3. The number of hydrogen-bond donors (Lipinski definition) is 0. The van der Waals surface area contributed by atoms with Gasteiger partial charge in [-0.25, -0.2) is 0 Å². The summed E-state index contributed by atoms with van der Waals surface area (Å²) in [6.45, 7) is 13.7. The number of hydrogen-bond acceptors (Lipinski definition) is 1. The summed E-state index contributed by atoms with van der Waals surface area (Å²) in [4.78, 5) is 11.3. The van der Waals surface area contributed by atoms with Crippen LogP contribution in [0.25, 0.3) is 5.57 Å². The Bertz CT molecular complexity index is 617. The molecule has 3 rings (SSSR count). The van der Waals surface area contributed by atoms with Crippen molar-refractivity contribution in [3.8, 4) is 0 Å². The van der Waals surface area contributed by atoms with Crippen LogP contribution in [0.15, 0.2) is 36.9 Å². The molecule has 2 aliphatic rings. The molecule has 0 saturated heterocycles. The summed E-state index contributed by atoms with van der Waals surface area (Å²) >= 11 is 0. The average Bonchev–Trinajstić information content (AvgIpc) is 3.16. The molecule has 1 heteroatoms. The van der Waals surface area contributed by atoms with Crippen molar-refractivity contribution in [3.05, 3.63) is 53.6 Å². The van der Waals surface area contributed by atoms with E-state index in [2.05, 4.69) is 30.9 Å². The van der Waals surface area contributed by atoms with Gasteiger partial charge in [0.05, 0.1) is 0 Å². The number of rotatable bonds is 6. The summed E-state index contributed by atoms with van der Waals surface area (Å²) in [5.74, 6) is 1.33. The van der Waals surface area contributed by atoms with Crippen LogP contribution < -0.4 is 0 Å². The fourth-order valence-electron chi connectivity index (χ4n) is 4.33. The molecule has 0 amide bonds. The van der Waals surface area contributed by atoms with Crippen molar-refractivity contribution in [1.82, 2.24) is 0 Å². The number of fused-ring (bicyclic) bond motifs is 1. The number of Topliss-reactive ketones (excluding diaryl/α,β-unsaturated/α-hetero) is 1. The second kappa shape index (κ2) is 12.7. The van der Waals surface area contributed by atoms with E-state index in [1.807, 2.05) is 33.8 Å². The van der Waals surface area contributed by atoms with Gasteiger partial charge in [0.2, 0.25) is 0 Å². The first-order valence-electron chi connectivity index (χ1n) is 11.1. The minimum absolute atomic E-state index is 0.270. The summed E-state index contributed by atoms with van der Waals surface area (Å²) in [6, 6.07) is 6.85. The van der Waals surface area contributed by atoms with Gasteiger partial charge in [-0.15, -0.1) is 6.58 Å². The Hall–Kier alpha value is -1.63. The molecular formula is C26H40O. The van der Waals surface area contributed by atoms with Crippen LogP contribution in [0.4, 0.5) is 0 Å². The molecule has 1 aromatic carbocycles. The second-order valence-corrected chi connectivity index (χ2v) is 7.15. The third-order valence-corrected chi connectivity index (χ3v) is 5.59. The Morgan fingerprint density at radius 3 is 2.41 bits per heavy atom. The number of ketones is 1. The molecule has 1 aromatic rings. The van der Waals surface area contributed by atoms with Crippen molar-refractivity contribution >= 4 is 11.4 Å². The topological polar surface area (TPSA) is 17.1 Å². The van der Waals surface area contributed by atoms with Crippen LogP contribution in [0, 0.1) is 5.92 Å². The zero-order chi connectivity index (χ0) is 20.2. The van der Waals surface area contributed by atoms with Gasteiger partial charge < -0.3 is 4.79 Å². The van der Waals surface area contributed by atoms with Crippen LogP contribution in [-0.4, -0.2) is 5.78 Å². The molecule has 27 heavy (non-hydrogen) atoms. The predicted octanol–water partition coefficient (Wildman–Crippen LogP) is 7.90. The van der Waals surface area contributed by atoms with Gasteiger partial charge in [0.15, 0.2) is 0 Å². The lowest BCUT2D eigenvalue weighted by Crippen LogP contribution is -2.08. The van der Waals surface area contributed by atoms with E-state index in [0.29, 0.717) is 12.3 Å². The first kappa shape index (κ1) is 23.4. The zero-order valence-corrected chi connectivity index (χ0v) is 18.3. The van der Waals surface area contributed by atoms with E-state index in [1.165, 1.54) is 43.2 Å². The standard InChI is InChI=1S/C22H28O.2C2H6/c1-3-17(13-12-16(2)23)20-14-15-22-19(10-7-11-21(20)22)18-8-5-4-6-9-18;2*1-2/h3,7,10-11,14,17-18H,1,4-6,8-9,12-13,15H2,2H3;2*1-2H3. The van der Waals surface area contributed by atoms with Crippen LogP contribution in [0.5, 0.6) is 0 Å².